The molecule has 0 aliphatic heterocycles. The third kappa shape index (κ3) is 2.48. The van der Waals surface area contributed by atoms with Gasteiger partial charge in [-0.25, -0.2) is 4.68 Å². The van der Waals surface area contributed by atoms with Gasteiger partial charge in [-0.05, 0) is 23.8 Å². The summed E-state index contributed by atoms with van der Waals surface area (Å²) in [7, 11) is 0. The van der Waals surface area contributed by atoms with E-state index in [0.717, 1.165) is 11.3 Å². The Morgan fingerprint density at radius 1 is 1.38 bits per heavy atom. The molecule has 0 aliphatic carbocycles. The predicted octanol–water partition coefficient (Wildman–Crippen LogP) is 1.94. The van der Waals surface area contributed by atoms with Crippen LogP contribution in [0.5, 0.6) is 0 Å². The van der Waals surface area contributed by atoms with E-state index in [-0.39, 0.29) is 5.97 Å². The van der Waals surface area contributed by atoms with E-state index in [2.05, 4.69) is 5.10 Å². The van der Waals surface area contributed by atoms with E-state index in [9.17, 15) is 4.79 Å². The zero-order chi connectivity index (χ0) is 11.4. The zero-order valence-corrected chi connectivity index (χ0v) is 8.96. The van der Waals surface area contributed by atoms with Gasteiger partial charge in [0.15, 0.2) is 0 Å². The first kappa shape index (κ1) is 10.4. The Bertz CT molecular complexity index is 460. The SMILES string of the molecule is CC(=O)OCc1ccc(-n2cccn2)cc1. The maximum atomic E-state index is 10.6. The highest BCUT2D eigenvalue weighted by atomic mass is 16.5. The molecule has 0 atom stereocenters. The van der Waals surface area contributed by atoms with Crippen LogP contribution in [0.2, 0.25) is 0 Å². The van der Waals surface area contributed by atoms with Crippen molar-refractivity contribution in [3.8, 4) is 5.69 Å². The second kappa shape index (κ2) is 4.61. The number of carbonyl (C=O) groups is 1. The number of rotatable bonds is 3. The highest BCUT2D eigenvalue weighted by Gasteiger charge is 1.98. The van der Waals surface area contributed by atoms with E-state index >= 15 is 0 Å². The van der Waals surface area contributed by atoms with E-state index < -0.39 is 0 Å². The van der Waals surface area contributed by atoms with E-state index in [4.69, 9.17) is 4.74 Å². The van der Waals surface area contributed by atoms with E-state index in [0.29, 0.717) is 6.61 Å². The zero-order valence-electron chi connectivity index (χ0n) is 8.96. The first-order valence-corrected chi connectivity index (χ1v) is 4.98. The highest BCUT2D eigenvalue weighted by Crippen LogP contribution is 2.09. The van der Waals surface area contributed by atoms with Gasteiger partial charge in [-0.2, -0.15) is 5.10 Å². The normalized spacial score (nSPS) is 10.1. The van der Waals surface area contributed by atoms with Gasteiger partial charge in [0, 0.05) is 19.3 Å². The largest absolute Gasteiger partial charge is 0.461 e. The van der Waals surface area contributed by atoms with E-state index in [1.165, 1.54) is 6.92 Å². The second-order valence-corrected chi connectivity index (χ2v) is 3.40. The molecule has 0 unspecified atom stereocenters. The Morgan fingerprint density at radius 3 is 2.69 bits per heavy atom. The average Bonchev–Trinajstić information content (AvgIpc) is 2.80. The van der Waals surface area contributed by atoms with Gasteiger partial charge in [0.25, 0.3) is 0 Å². The Labute approximate surface area is 93.5 Å². The topological polar surface area (TPSA) is 44.1 Å². The molecule has 4 nitrogen and oxygen atoms in total. The van der Waals surface area contributed by atoms with Crippen LogP contribution in [0, 0.1) is 0 Å². The first-order chi connectivity index (χ1) is 7.75. The summed E-state index contributed by atoms with van der Waals surface area (Å²) in [6.45, 7) is 1.72. The maximum Gasteiger partial charge on any atom is 0.302 e. The summed E-state index contributed by atoms with van der Waals surface area (Å²) in [6.07, 6.45) is 3.61. The van der Waals surface area contributed by atoms with Crippen molar-refractivity contribution in [2.45, 2.75) is 13.5 Å². The van der Waals surface area contributed by atoms with Gasteiger partial charge in [0.05, 0.1) is 5.69 Å². The number of aromatic nitrogens is 2. The fourth-order valence-corrected chi connectivity index (χ4v) is 1.35. The molecule has 0 spiro atoms. The Kier molecular flexibility index (Phi) is 3.00. The summed E-state index contributed by atoms with van der Waals surface area (Å²) in [4.78, 5) is 10.6. The van der Waals surface area contributed by atoms with Crippen LogP contribution in [-0.2, 0) is 16.1 Å². The lowest BCUT2D eigenvalue weighted by Gasteiger charge is -2.04. The Hall–Kier alpha value is -2.10. The molecule has 0 aliphatic rings. The minimum Gasteiger partial charge on any atom is -0.461 e. The summed E-state index contributed by atoms with van der Waals surface area (Å²) >= 11 is 0. The molecular formula is C12H12N2O2. The molecule has 0 bridgehead atoms. The minimum absolute atomic E-state index is 0.267. The maximum absolute atomic E-state index is 10.6. The van der Waals surface area contributed by atoms with E-state index in [1.54, 1.807) is 10.9 Å². The van der Waals surface area contributed by atoms with Crippen molar-refractivity contribution in [3.05, 3.63) is 48.3 Å². The van der Waals surface area contributed by atoms with Crippen LogP contribution in [0.15, 0.2) is 42.7 Å². The monoisotopic (exact) mass is 216 g/mol. The number of benzene rings is 1. The van der Waals surface area contributed by atoms with E-state index in [1.807, 2.05) is 36.5 Å². The lowest BCUT2D eigenvalue weighted by atomic mass is 10.2. The lowest BCUT2D eigenvalue weighted by Crippen LogP contribution is -1.99. The van der Waals surface area contributed by atoms with Crippen molar-refractivity contribution < 1.29 is 9.53 Å². The van der Waals surface area contributed by atoms with Crippen LogP contribution in [-0.4, -0.2) is 15.7 Å². The van der Waals surface area contributed by atoms with Crippen LogP contribution in [0.4, 0.5) is 0 Å². The molecule has 0 N–H and O–H groups in total. The molecular weight excluding hydrogens is 204 g/mol. The molecule has 82 valence electrons. The van der Waals surface area contributed by atoms with Crippen LogP contribution < -0.4 is 0 Å². The van der Waals surface area contributed by atoms with Gasteiger partial charge in [-0.15, -0.1) is 0 Å². The number of carbonyl (C=O) groups excluding carboxylic acids is 1. The molecule has 0 radical (unpaired) electrons. The Balaban J connectivity index is 2.08. The van der Waals surface area contributed by atoms with Gasteiger partial charge < -0.3 is 4.74 Å². The standard InChI is InChI=1S/C12H12N2O2/c1-10(15)16-9-11-3-5-12(6-4-11)14-8-2-7-13-14/h2-8H,9H2,1H3. The number of esters is 1. The van der Waals surface area contributed by atoms with Crippen molar-refractivity contribution in [1.82, 2.24) is 9.78 Å². The number of hydrogen-bond acceptors (Lipinski definition) is 3. The molecule has 0 saturated carbocycles. The number of ether oxygens (including phenoxy) is 1. The van der Waals surface area contributed by atoms with Gasteiger partial charge >= 0.3 is 5.97 Å². The summed E-state index contributed by atoms with van der Waals surface area (Å²) in [6, 6.07) is 9.57. The molecule has 1 aromatic carbocycles. The average molecular weight is 216 g/mol. The summed E-state index contributed by atoms with van der Waals surface area (Å²) in [5, 5.41) is 4.12. The third-order valence-electron chi connectivity index (χ3n) is 2.15. The van der Waals surface area contributed by atoms with Crippen molar-refractivity contribution in [2.75, 3.05) is 0 Å². The molecule has 2 rings (SSSR count). The quantitative estimate of drug-likeness (QED) is 0.736. The summed E-state index contributed by atoms with van der Waals surface area (Å²) in [5.41, 5.74) is 1.95. The van der Waals surface area contributed by atoms with Crippen molar-refractivity contribution in [1.29, 1.82) is 0 Å². The molecule has 4 heteroatoms. The van der Waals surface area contributed by atoms with Crippen molar-refractivity contribution in [3.63, 3.8) is 0 Å². The molecule has 2 aromatic rings. The van der Waals surface area contributed by atoms with Crippen LogP contribution in [0.1, 0.15) is 12.5 Å². The molecule has 0 fully saturated rings. The van der Waals surface area contributed by atoms with Crippen LogP contribution >= 0.6 is 0 Å². The van der Waals surface area contributed by atoms with Crippen molar-refractivity contribution in [2.24, 2.45) is 0 Å². The van der Waals surface area contributed by atoms with Crippen LogP contribution in [0.25, 0.3) is 5.69 Å². The minimum atomic E-state index is -0.267. The molecule has 0 saturated heterocycles. The third-order valence-corrected chi connectivity index (χ3v) is 2.15. The van der Waals surface area contributed by atoms with Gasteiger partial charge in [0.2, 0.25) is 0 Å². The van der Waals surface area contributed by atoms with Gasteiger partial charge in [-0.1, -0.05) is 12.1 Å². The fourth-order valence-electron chi connectivity index (χ4n) is 1.35. The number of hydrogen-bond donors (Lipinski definition) is 0. The smallest absolute Gasteiger partial charge is 0.302 e. The van der Waals surface area contributed by atoms with Gasteiger partial charge in [-0.3, -0.25) is 4.79 Å². The molecule has 1 aromatic heterocycles. The highest BCUT2D eigenvalue weighted by molar-refractivity contribution is 5.65. The predicted molar refractivity (Wildman–Crippen MR) is 59.0 cm³/mol. The van der Waals surface area contributed by atoms with Gasteiger partial charge in [0.1, 0.15) is 6.61 Å². The Morgan fingerprint density at radius 2 is 2.12 bits per heavy atom. The van der Waals surface area contributed by atoms with Crippen molar-refractivity contribution >= 4 is 5.97 Å². The lowest BCUT2D eigenvalue weighted by molar-refractivity contribution is -0.142. The molecule has 0 amide bonds. The summed E-state index contributed by atoms with van der Waals surface area (Å²) < 4.78 is 6.67. The first-order valence-electron chi connectivity index (χ1n) is 4.98. The number of nitrogens with zero attached hydrogens (tertiary/aromatic N) is 2. The fraction of sp³-hybridized carbons (Fsp3) is 0.167. The summed E-state index contributed by atoms with van der Waals surface area (Å²) in [5.74, 6) is -0.267. The van der Waals surface area contributed by atoms with Crippen LogP contribution in [0.3, 0.4) is 0 Å². The second-order valence-electron chi connectivity index (χ2n) is 3.40. The molecule has 16 heavy (non-hydrogen) atoms. The molecule has 1 heterocycles.